The van der Waals surface area contributed by atoms with Crippen molar-refractivity contribution in [1.82, 2.24) is 0 Å². The Bertz CT molecular complexity index is 405. The first-order chi connectivity index (χ1) is 9.01. The molecule has 0 aliphatic carbocycles. The number of aryl methyl sites for hydroxylation is 1. The quantitative estimate of drug-likeness (QED) is 0.417. The van der Waals surface area contributed by atoms with E-state index in [1.807, 2.05) is 0 Å². The van der Waals surface area contributed by atoms with Gasteiger partial charge in [-0.05, 0) is 36.6 Å². The Balaban J connectivity index is 2.05. The molecule has 6 heteroatoms. The molecule has 0 unspecified atom stereocenters. The average Bonchev–Trinajstić information content (AvgIpc) is 2.37. The zero-order valence-electron chi connectivity index (χ0n) is 11.4. The van der Waals surface area contributed by atoms with Gasteiger partial charge in [-0.15, -0.1) is 0 Å². The highest BCUT2D eigenvalue weighted by Gasteiger charge is 2.06. The molecule has 0 aromatic heterocycles. The smallest absolute Gasteiger partial charge is 0.321 e. The van der Waals surface area contributed by atoms with Crippen molar-refractivity contribution in [1.29, 1.82) is 0 Å². The highest BCUT2D eigenvalue weighted by atomic mass is 32.5. The van der Waals surface area contributed by atoms with E-state index in [1.165, 1.54) is 11.1 Å². The standard InChI is InChI=1S/C13H22BO3PS/c14-11-13-8-6-12(7-9-13)5-3-1-2-4-10-17-18(15,16)19/h6-9H,1-5,10-11,14H2,(H2,15,16,19). The summed E-state index contributed by atoms with van der Waals surface area (Å²) in [4.78, 5) is 17.7. The molecule has 0 fully saturated rings. The number of hydrogen-bond donors (Lipinski definition) is 2. The van der Waals surface area contributed by atoms with Crippen molar-refractivity contribution in [3.05, 3.63) is 35.4 Å². The molecule has 0 bridgehead atoms. The summed E-state index contributed by atoms with van der Waals surface area (Å²) in [5.74, 6) is 0. The van der Waals surface area contributed by atoms with E-state index in [0.29, 0.717) is 6.61 Å². The summed E-state index contributed by atoms with van der Waals surface area (Å²) in [5.41, 5.74) is 2.76. The molecule has 0 saturated heterocycles. The van der Waals surface area contributed by atoms with Crippen molar-refractivity contribution in [2.75, 3.05) is 6.61 Å². The van der Waals surface area contributed by atoms with Crippen molar-refractivity contribution in [3.63, 3.8) is 0 Å². The van der Waals surface area contributed by atoms with Gasteiger partial charge < -0.3 is 14.3 Å². The summed E-state index contributed by atoms with van der Waals surface area (Å²) in [7, 11) is 2.16. The highest BCUT2D eigenvalue weighted by molar-refractivity contribution is 8.06. The van der Waals surface area contributed by atoms with Gasteiger partial charge in [0.25, 0.3) is 0 Å². The van der Waals surface area contributed by atoms with E-state index in [1.54, 1.807) is 0 Å². The van der Waals surface area contributed by atoms with Crippen LogP contribution in [0.15, 0.2) is 24.3 Å². The largest absolute Gasteiger partial charge is 0.325 e. The minimum atomic E-state index is -3.44. The first-order valence-corrected chi connectivity index (χ1v) is 9.42. The summed E-state index contributed by atoms with van der Waals surface area (Å²) in [6.07, 6.45) is 6.32. The molecule has 2 N–H and O–H groups in total. The van der Waals surface area contributed by atoms with E-state index >= 15 is 0 Å². The van der Waals surface area contributed by atoms with Gasteiger partial charge >= 0.3 is 6.72 Å². The van der Waals surface area contributed by atoms with Gasteiger partial charge in [-0.1, -0.05) is 49.0 Å². The maximum Gasteiger partial charge on any atom is 0.321 e. The molecular weight excluding hydrogens is 278 g/mol. The maximum absolute atomic E-state index is 8.87. The second kappa shape index (κ2) is 8.88. The summed E-state index contributed by atoms with van der Waals surface area (Å²) in [6, 6.07) is 8.79. The Hall–Kier alpha value is -0.185. The van der Waals surface area contributed by atoms with E-state index in [0.717, 1.165) is 38.4 Å². The second-order valence-corrected chi connectivity index (χ2v) is 7.32. The van der Waals surface area contributed by atoms with Crippen LogP contribution in [0.5, 0.6) is 0 Å². The predicted molar refractivity (Wildman–Crippen MR) is 85.5 cm³/mol. The summed E-state index contributed by atoms with van der Waals surface area (Å²) >= 11 is 4.37. The minimum absolute atomic E-state index is 0.343. The number of rotatable bonds is 9. The minimum Gasteiger partial charge on any atom is -0.325 e. The fourth-order valence-electron chi connectivity index (χ4n) is 1.91. The molecule has 106 valence electrons. The van der Waals surface area contributed by atoms with Crippen LogP contribution >= 0.6 is 6.72 Å². The summed E-state index contributed by atoms with van der Waals surface area (Å²) < 4.78 is 4.76. The molecule has 0 saturated carbocycles. The van der Waals surface area contributed by atoms with Crippen LogP contribution in [0.2, 0.25) is 0 Å². The zero-order chi connectivity index (χ0) is 14.1. The maximum atomic E-state index is 8.87. The molecule has 0 amide bonds. The van der Waals surface area contributed by atoms with Crippen molar-refractivity contribution >= 4 is 26.4 Å². The molecule has 0 heterocycles. The van der Waals surface area contributed by atoms with Gasteiger partial charge in [0.1, 0.15) is 7.85 Å². The van der Waals surface area contributed by atoms with Crippen molar-refractivity contribution in [2.24, 2.45) is 0 Å². The molecule has 19 heavy (non-hydrogen) atoms. The van der Waals surface area contributed by atoms with Gasteiger partial charge in [-0.25, -0.2) is 0 Å². The van der Waals surface area contributed by atoms with Gasteiger partial charge in [0.05, 0.1) is 6.61 Å². The van der Waals surface area contributed by atoms with Crippen LogP contribution < -0.4 is 0 Å². The average molecular weight is 300 g/mol. The molecule has 1 rings (SSSR count). The van der Waals surface area contributed by atoms with Crippen molar-refractivity contribution in [2.45, 2.75) is 38.4 Å². The SMILES string of the molecule is BCc1ccc(CCCCCCOP(O)(O)=S)cc1. The van der Waals surface area contributed by atoms with Crippen molar-refractivity contribution in [3.8, 4) is 0 Å². The third kappa shape index (κ3) is 8.56. The number of unbranched alkanes of at least 4 members (excludes halogenated alkanes) is 3. The summed E-state index contributed by atoms with van der Waals surface area (Å²) in [5, 5.41) is 0. The Morgan fingerprint density at radius 2 is 1.58 bits per heavy atom. The summed E-state index contributed by atoms with van der Waals surface area (Å²) in [6.45, 7) is -3.10. The lowest BCUT2D eigenvalue weighted by Gasteiger charge is -2.07. The van der Waals surface area contributed by atoms with E-state index in [-0.39, 0.29) is 0 Å². The van der Waals surface area contributed by atoms with Crippen LogP contribution in [0.25, 0.3) is 0 Å². The number of hydrogen-bond acceptors (Lipinski definition) is 2. The Morgan fingerprint density at radius 3 is 2.16 bits per heavy atom. The van der Waals surface area contributed by atoms with Crippen LogP contribution in [-0.2, 0) is 29.1 Å². The molecule has 0 radical (unpaired) electrons. The Labute approximate surface area is 121 Å². The van der Waals surface area contributed by atoms with Crippen LogP contribution in [0.1, 0.15) is 36.8 Å². The van der Waals surface area contributed by atoms with Crippen LogP contribution in [0, 0.1) is 0 Å². The molecule has 0 aliphatic heterocycles. The lowest BCUT2D eigenvalue weighted by atomic mass is 9.95. The fraction of sp³-hybridized carbons (Fsp3) is 0.538. The van der Waals surface area contributed by atoms with Gasteiger partial charge in [-0.2, -0.15) is 0 Å². The molecule has 3 nitrogen and oxygen atoms in total. The Kier molecular flexibility index (Phi) is 7.88. The molecular formula is C13H22BO3PS. The molecule has 0 spiro atoms. The highest BCUT2D eigenvalue weighted by Crippen LogP contribution is 2.36. The van der Waals surface area contributed by atoms with E-state index < -0.39 is 6.72 Å². The fourth-order valence-corrected chi connectivity index (χ4v) is 2.50. The topological polar surface area (TPSA) is 49.7 Å². The Morgan fingerprint density at radius 1 is 1.00 bits per heavy atom. The second-order valence-electron chi connectivity index (χ2n) is 4.66. The monoisotopic (exact) mass is 300 g/mol. The van der Waals surface area contributed by atoms with Gasteiger partial charge in [0.15, 0.2) is 0 Å². The van der Waals surface area contributed by atoms with Gasteiger partial charge in [0.2, 0.25) is 0 Å². The lowest BCUT2D eigenvalue weighted by molar-refractivity contribution is 0.245. The lowest BCUT2D eigenvalue weighted by Crippen LogP contribution is -1.93. The van der Waals surface area contributed by atoms with E-state index in [9.17, 15) is 0 Å². The first kappa shape index (κ1) is 16.9. The molecule has 0 atom stereocenters. The van der Waals surface area contributed by atoms with Crippen LogP contribution in [0.4, 0.5) is 0 Å². The first-order valence-electron chi connectivity index (χ1n) is 6.79. The van der Waals surface area contributed by atoms with Crippen LogP contribution in [-0.4, -0.2) is 24.2 Å². The van der Waals surface area contributed by atoms with Gasteiger partial charge in [0, 0.05) is 0 Å². The third-order valence-electron chi connectivity index (χ3n) is 3.05. The van der Waals surface area contributed by atoms with E-state index in [4.69, 9.17) is 14.3 Å². The van der Waals surface area contributed by atoms with Crippen molar-refractivity contribution < 1.29 is 14.3 Å². The molecule has 1 aromatic carbocycles. The predicted octanol–water partition coefficient (Wildman–Crippen LogP) is 2.15. The number of benzene rings is 1. The zero-order valence-corrected chi connectivity index (χ0v) is 13.1. The normalized spacial score (nSPS) is 11.7. The van der Waals surface area contributed by atoms with E-state index in [2.05, 4.69) is 43.9 Å². The van der Waals surface area contributed by atoms with Gasteiger partial charge in [-0.3, -0.25) is 0 Å². The van der Waals surface area contributed by atoms with Crippen LogP contribution in [0.3, 0.4) is 0 Å². The third-order valence-corrected chi connectivity index (χ3v) is 3.89. The molecule has 0 aliphatic rings. The molecule has 1 aromatic rings.